The van der Waals surface area contributed by atoms with Gasteiger partial charge < -0.3 is 19.3 Å². The fraction of sp³-hybridized carbons (Fsp3) is 0.520. The highest BCUT2D eigenvalue weighted by molar-refractivity contribution is 7.09. The van der Waals surface area contributed by atoms with E-state index >= 15 is 0 Å². The first-order valence-corrected chi connectivity index (χ1v) is 12.1. The molecule has 7 heteroatoms. The number of carbonyl (C=O) groups excluding carboxylic acids is 2. The standard InChI is InChI=1S/C25H36N2O4S/c1-6-7-10-24(28)27(19(2)3)18-25(29)26(17-21-9-8-15-32-21)14-13-20-11-12-22(30-4)23(16-20)31-5/h8-9,11-12,15-16,19H,6-7,10,13-14,17-18H2,1-5H3. The van der Waals surface area contributed by atoms with Crippen molar-refractivity contribution in [1.82, 2.24) is 9.80 Å². The van der Waals surface area contributed by atoms with E-state index in [-0.39, 0.29) is 24.4 Å². The van der Waals surface area contributed by atoms with Crippen molar-refractivity contribution in [1.29, 1.82) is 0 Å². The zero-order valence-electron chi connectivity index (χ0n) is 19.9. The highest BCUT2D eigenvalue weighted by Crippen LogP contribution is 2.28. The first-order chi connectivity index (χ1) is 15.4. The van der Waals surface area contributed by atoms with Crippen LogP contribution in [0.2, 0.25) is 0 Å². The van der Waals surface area contributed by atoms with Crippen molar-refractivity contribution in [2.24, 2.45) is 0 Å². The van der Waals surface area contributed by atoms with Gasteiger partial charge in [0.25, 0.3) is 0 Å². The fourth-order valence-electron chi connectivity index (χ4n) is 3.46. The summed E-state index contributed by atoms with van der Waals surface area (Å²) in [7, 11) is 3.23. The van der Waals surface area contributed by atoms with Crippen molar-refractivity contribution >= 4 is 23.2 Å². The topological polar surface area (TPSA) is 59.1 Å². The number of carbonyl (C=O) groups is 2. The molecule has 0 spiro atoms. The van der Waals surface area contributed by atoms with E-state index < -0.39 is 0 Å². The molecule has 0 radical (unpaired) electrons. The van der Waals surface area contributed by atoms with Crippen molar-refractivity contribution in [3.8, 4) is 11.5 Å². The molecule has 0 aliphatic rings. The largest absolute Gasteiger partial charge is 0.493 e. The summed E-state index contributed by atoms with van der Waals surface area (Å²) in [6.45, 7) is 7.20. The predicted molar refractivity (Wildman–Crippen MR) is 129 cm³/mol. The van der Waals surface area contributed by atoms with E-state index in [0.717, 1.165) is 23.3 Å². The average molecular weight is 461 g/mol. The maximum Gasteiger partial charge on any atom is 0.242 e. The van der Waals surface area contributed by atoms with Crippen molar-refractivity contribution in [3.63, 3.8) is 0 Å². The number of hydrogen-bond acceptors (Lipinski definition) is 5. The first-order valence-electron chi connectivity index (χ1n) is 11.2. The molecule has 0 aliphatic heterocycles. The summed E-state index contributed by atoms with van der Waals surface area (Å²) < 4.78 is 10.7. The van der Waals surface area contributed by atoms with Gasteiger partial charge in [-0.2, -0.15) is 0 Å². The highest BCUT2D eigenvalue weighted by Gasteiger charge is 2.23. The van der Waals surface area contributed by atoms with Gasteiger partial charge in [0.05, 0.1) is 27.3 Å². The summed E-state index contributed by atoms with van der Waals surface area (Å²) in [5.74, 6) is 1.37. The van der Waals surface area contributed by atoms with Gasteiger partial charge in [0.1, 0.15) is 0 Å². The van der Waals surface area contributed by atoms with E-state index in [1.54, 1.807) is 30.5 Å². The van der Waals surface area contributed by atoms with E-state index in [4.69, 9.17) is 9.47 Å². The van der Waals surface area contributed by atoms with Crippen LogP contribution in [0, 0.1) is 0 Å². The number of nitrogens with zero attached hydrogens (tertiary/aromatic N) is 2. The minimum atomic E-state index is -0.0302. The number of unbranched alkanes of at least 4 members (excludes halogenated alkanes) is 1. The van der Waals surface area contributed by atoms with E-state index in [1.165, 1.54) is 0 Å². The second-order valence-corrected chi connectivity index (χ2v) is 9.09. The SMILES string of the molecule is CCCCC(=O)N(CC(=O)N(CCc1ccc(OC)c(OC)c1)Cc1cccs1)C(C)C. The molecular formula is C25H36N2O4S. The Bertz CT molecular complexity index is 852. The molecule has 0 unspecified atom stereocenters. The zero-order valence-corrected chi connectivity index (χ0v) is 20.7. The molecule has 0 saturated heterocycles. The maximum absolute atomic E-state index is 13.3. The smallest absolute Gasteiger partial charge is 0.242 e. The number of thiophene rings is 1. The van der Waals surface area contributed by atoms with Crippen LogP contribution in [-0.4, -0.2) is 55.0 Å². The van der Waals surface area contributed by atoms with Gasteiger partial charge in [-0.05, 0) is 55.8 Å². The molecule has 0 N–H and O–H groups in total. The molecule has 2 amide bonds. The summed E-state index contributed by atoms with van der Waals surface area (Å²) in [6, 6.07) is 9.83. The van der Waals surface area contributed by atoms with Crippen LogP contribution < -0.4 is 9.47 Å². The van der Waals surface area contributed by atoms with E-state index in [1.807, 2.05) is 54.5 Å². The van der Waals surface area contributed by atoms with Gasteiger partial charge >= 0.3 is 0 Å². The molecule has 0 atom stereocenters. The van der Waals surface area contributed by atoms with Gasteiger partial charge in [0, 0.05) is 23.9 Å². The molecule has 0 aliphatic carbocycles. The fourth-order valence-corrected chi connectivity index (χ4v) is 4.18. The van der Waals surface area contributed by atoms with Gasteiger partial charge in [-0.25, -0.2) is 0 Å². The Morgan fingerprint density at radius 1 is 1.06 bits per heavy atom. The zero-order chi connectivity index (χ0) is 23.5. The molecule has 176 valence electrons. The third kappa shape index (κ3) is 7.55. The van der Waals surface area contributed by atoms with E-state index in [0.29, 0.717) is 37.4 Å². The van der Waals surface area contributed by atoms with Crippen molar-refractivity contribution in [3.05, 3.63) is 46.2 Å². The monoisotopic (exact) mass is 460 g/mol. The van der Waals surface area contributed by atoms with Gasteiger partial charge in [0.15, 0.2) is 11.5 Å². The van der Waals surface area contributed by atoms with Crippen LogP contribution in [0.4, 0.5) is 0 Å². The summed E-state index contributed by atoms with van der Waals surface area (Å²) >= 11 is 1.63. The average Bonchev–Trinajstić information content (AvgIpc) is 3.31. The number of methoxy groups -OCH3 is 2. The number of ether oxygens (including phenoxy) is 2. The number of amides is 2. The third-order valence-electron chi connectivity index (χ3n) is 5.39. The quantitative estimate of drug-likeness (QED) is 0.432. The van der Waals surface area contributed by atoms with Crippen molar-refractivity contribution in [2.45, 2.75) is 59.0 Å². The lowest BCUT2D eigenvalue weighted by Crippen LogP contribution is -2.46. The van der Waals surface area contributed by atoms with Crippen LogP contribution in [0.3, 0.4) is 0 Å². The second-order valence-electron chi connectivity index (χ2n) is 8.05. The Balaban J connectivity index is 2.13. The number of rotatable bonds is 13. The molecule has 0 bridgehead atoms. The first kappa shape index (κ1) is 25.7. The molecule has 0 fully saturated rings. The van der Waals surface area contributed by atoms with E-state index in [9.17, 15) is 9.59 Å². The number of benzene rings is 1. The summed E-state index contributed by atoms with van der Waals surface area (Å²) in [4.78, 5) is 30.6. The minimum absolute atomic E-state index is 0.0160. The van der Waals surface area contributed by atoms with Gasteiger partial charge in [-0.15, -0.1) is 11.3 Å². The van der Waals surface area contributed by atoms with Crippen LogP contribution in [0.15, 0.2) is 35.7 Å². The molecule has 0 saturated carbocycles. The van der Waals surface area contributed by atoms with Crippen molar-refractivity contribution in [2.75, 3.05) is 27.3 Å². The summed E-state index contributed by atoms with van der Waals surface area (Å²) in [6.07, 6.45) is 2.97. The maximum atomic E-state index is 13.3. The predicted octanol–water partition coefficient (Wildman–Crippen LogP) is 4.76. The minimum Gasteiger partial charge on any atom is -0.493 e. The van der Waals surface area contributed by atoms with Gasteiger partial charge in [0.2, 0.25) is 11.8 Å². The number of hydrogen-bond donors (Lipinski definition) is 0. The molecular weight excluding hydrogens is 424 g/mol. The Morgan fingerprint density at radius 3 is 2.41 bits per heavy atom. The summed E-state index contributed by atoms with van der Waals surface area (Å²) in [5.41, 5.74) is 1.06. The second kappa shape index (κ2) is 13.1. The third-order valence-corrected chi connectivity index (χ3v) is 6.25. The van der Waals surface area contributed by atoms with Crippen molar-refractivity contribution < 1.29 is 19.1 Å². The molecule has 6 nitrogen and oxygen atoms in total. The summed E-state index contributed by atoms with van der Waals surface area (Å²) in [5, 5.41) is 2.01. The van der Waals surface area contributed by atoms with Gasteiger partial charge in [-0.3, -0.25) is 9.59 Å². The van der Waals surface area contributed by atoms with Crippen LogP contribution >= 0.6 is 11.3 Å². The van der Waals surface area contributed by atoms with Crippen LogP contribution in [0.25, 0.3) is 0 Å². The molecule has 1 aromatic heterocycles. The van der Waals surface area contributed by atoms with Gasteiger partial charge in [-0.1, -0.05) is 25.5 Å². The van der Waals surface area contributed by atoms with Crippen LogP contribution in [0.5, 0.6) is 11.5 Å². The molecule has 2 aromatic rings. The molecule has 1 aromatic carbocycles. The lowest BCUT2D eigenvalue weighted by atomic mass is 10.1. The molecule has 1 heterocycles. The Hall–Kier alpha value is -2.54. The Kier molecular flexibility index (Phi) is 10.5. The lowest BCUT2D eigenvalue weighted by Gasteiger charge is -2.30. The lowest BCUT2D eigenvalue weighted by molar-refractivity contribution is -0.142. The normalized spacial score (nSPS) is 10.8. The Morgan fingerprint density at radius 2 is 1.81 bits per heavy atom. The van der Waals surface area contributed by atoms with E-state index in [2.05, 4.69) is 6.92 Å². The molecule has 2 rings (SSSR count). The Labute approximate surface area is 196 Å². The van der Waals surface area contributed by atoms with Crippen LogP contribution in [0.1, 0.15) is 50.5 Å². The molecule has 32 heavy (non-hydrogen) atoms. The highest BCUT2D eigenvalue weighted by atomic mass is 32.1. The van der Waals surface area contributed by atoms with Crippen LogP contribution in [-0.2, 0) is 22.6 Å².